The van der Waals surface area contributed by atoms with E-state index < -0.39 is 0 Å². The fourth-order valence-corrected chi connectivity index (χ4v) is 8.58. The van der Waals surface area contributed by atoms with Crippen molar-refractivity contribution in [2.24, 2.45) is 11.8 Å². The van der Waals surface area contributed by atoms with Crippen LogP contribution in [0, 0.1) is 25.7 Å². The molecule has 0 radical (unpaired) electrons. The van der Waals surface area contributed by atoms with E-state index in [1.807, 2.05) is 0 Å². The van der Waals surface area contributed by atoms with Gasteiger partial charge in [0.2, 0.25) is 0 Å². The molecule has 7 rings (SSSR count). The van der Waals surface area contributed by atoms with E-state index >= 15 is 0 Å². The summed E-state index contributed by atoms with van der Waals surface area (Å²) in [6.07, 6.45) is 2.24. The molecule has 284 valence electrons. The number of aryl methyl sites for hydroxylation is 2. The van der Waals surface area contributed by atoms with Gasteiger partial charge in [-0.05, 0) is 143 Å². The zero-order valence-corrected chi connectivity index (χ0v) is 34.6. The summed E-state index contributed by atoms with van der Waals surface area (Å²) in [5, 5.41) is 2.49. The fraction of sp³-hybridized carbons (Fsp3) is 0.259. The lowest BCUT2D eigenvalue weighted by Crippen LogP contribution is -2.16. The van der Waals surface area contributed by atoms with Crippen LogP contribution in [0.2, 0.25) is 0 Å². The van der Waals surface area contributed by atoms with Crippen LogP contribution in [0.4, 0.5) is 34.1 Å². The van der Waals surface area contributed by atoms with Crippen LogP contribution in [0.25, 0.3) is 21.9 Å². The summed E-state index contributed by atoms with van der Waals surface area (Å²) in [5.41, 5.74) is 15.3. The monoisotopic (exact) mass is 734 g/mol. The van der Waals surface area contributed by atoms with Gasteiger partial charge in [-0.2, -0.15) is 0 Å². The Hall–Kier alpha value is -5.60. The van der Waals surface area contributed by atoms with Crippen LogP contribution in [0.1, 0.15) is 88.5 Å². The molecule has 56 heavy (non-hydrogen) atoms. The zero-order chi connectivity index (χ0) is 39.3. The number of rotatable bonds is 13. The summed E-state index contributed by atoms with van der Waals surface area (Å²) in [4.78, 5) is 4.90. The largest absolute Gasteiger partial charge is 0.310 e. The molecule has 7 aromatic rings. The highest BCUT2D eigenvalue weighted by Crippen LogP contribution is 2.49. The summed E-state index contributed by atoms with van der Waals surface area (Å²) in [7, 11) is 0. The molecule has 0 aliphatic rings. The van der Waals surface area contributed by atoms with Crippen molar-refractivity contribution < 1.29 is 0 Å². The number of benzene rings is 7. The summed E-state index contributed by atoms with van der Waals surface area (Å²) in [6, 6.07) is 57.9. The lowest BCUT2D eigenvalue weighted by Gasteiger charge is -2.33. The minimum Gasteiger partial charge on any atom is -0.310 e. The first-order valence-electron chi connectivity index (χ1n) is 20.7. The van der Waals surface area contributed by atoms with Gasteiger partial charge in [0.15, 0.2) is 0 Å². The Morgan fingerprint density at radius 3 is 1.27 bits per heavy atom. The van der Waals surface area contributed by atoms with E-state index in [9.17, 15) is 0 Å². The molecule has 4 unspecified atom stereocenters. The highest BCUT2D eigenvalue weighted by Gasteiger charge is 2.28. The van der Waals surface area contributed by atoms with Gasteiger partial charge in [0.1, 0.15) is 0 Å². The minimum atomic E-state index is 0.342. The van der Waals surface area contributed by atoms with Crippen molar-refractivity contribution in [3.8, 4) is 11.1 Å². The summed E-state index contributed by atoms with van der Waals surface area (Å²) in [5.74, 6) is 1.71. The van der Waals surface area contributed by atoms with Crippen molar-refractivity contribution in [2.45, 2.75) is 80.1 Å². The Labute approximate surface area is 336 Å². The second-order valence-electron chi connectivity index (χ2n) is 16.0. The first-order chi connectivity index (χ1) is 27.2. The van der Waals surface area contributed by atoms with Gasteiger partial charge in [-0.3, -0.25) is 0 Å². The Kier molecular flexibility index (Phi) is 11.8. The van der Waals surface area contributed by atoms with Gasteiger partial charge in [0.25, 0.3) is 0 Å². The molecule has 0 amide bonds. The number of nitrogens with zero attached hydrogens (tertiary/aromatic N) is 2. The molecule has 0 saturated carbocycles. The third-order valence-corrected chi connectivity index (χ3v) is 12.5. The van der Waals surface area contributed by atoms with Gasteiger partial charge in [-0.1, -0.05) is 145 Å². The molecule has 0 N–H and O–H groups in total. The predicted molar refractivity (Wildman–Crippen MR) is 244 cm³/mol. The Bertz CT molecular complexity index is 2340. The second kappa shape index (κ2) is 17.0. The van der Waals surface area contributed by atoms with Crippen LogP contribution in [0.15, 0.2) is 158 Å². The first kappa shape index (κ1) is 38.7. The number of hydrogen-bond donors (Lipinski definition) is 0. The quantitative estimate of drug-likeness (QED) is 0.116. The van der Waals surface area contributed by atoms with E-state index in [1.54, 1.807) is 0 Å². The van der Waals surface area contributed by atoms with Crippen LogP contribution in [0.3, 0.4) is 0 Å². The molecule has 0 fully saturated rings. The van der Waals surface area contributed by atoms with E-state index in [0.29, 0.717) is 23.7 Å². The van der Waals surface area contributed by atoms with Crippen LogP contribution in [0.5, 0.6) is 0 Å². The van der Waals surface area contributed by atoms with Crippen LogP contribution in [-0.2, 0) is 0 Å². The average Bonchev–Trinajstić information content (AvgIpc) is 3.24. The third-order valence-electron chi connectivity index (χ3n) is 12.5. The molecular formula is C54H58N2. The molecular weight excluding hydrogens is 677 g/mol. The molecule has 0 aliphatic carbocycles. The predicted octanol–water partition coefficient (Wildman–Crippen LogP) is 16.4. The number of hydrogen-bond acceptors (Lipinski definition) is 2. The van der Waals surface area contributed by atoms with Gasteiger partial charge >= 0.3 is 0 Å². The Balaban J connectivity index is 1.51. The van der Waals surface area contributed by atoms with Crippen LogP contribution >= 0.6 is 0 Å². The summed E-state index contributed by atoms with van der Waals surface area (Å²) >= 11 is 0. The van der Waals surface area contributed by atoms with Gasteiger partial charge in [0, 0.05) is 33.8 Å². The Morgan fingerprint density at radius 2 is 0.804 bits per heavy atom. The number of fused-ring (bicyclic) bond motifs is 1. The number of anilines is 6. The average molecular weight is 735 g/mol. The molecule has 2 heteroatoms. The number of para-hydroxylation sites is 3. The lowest BCUT2D eigenvalue weighted by molar-refractivity contribution is 0.471. The highest BCUT2D eigenvalue weighted by molar-refractivity contribution is 5.99. The SMILES string of the molecule is CCC(C)C(C)c1cc(N(c2ccccc2)c2ccccc2)cc(C)c1-c1c(C)cc(N(c2ccccc2)c2cccc3ccccc23)cc1C(C)C(C)CC. The molecule has 0 aromatic heterocycles. The highest BCUT2D eigenvalue weighted by atomic mass is 15.1. The molecule has 4 atom stereocenters. The van der Waals surface area contributed by atoms with Gasteiger partial charge < -0.3 is 9.80 Å². The normalized spacial score (nSPS) is 13.6. The maximum atomic E-state index is 2.53. The van der Waals surface area contributed by atoms with E-state index in [2.05, 4.69) is 223 Å². The molecule has 7 aromatic carbocycles. The molecule has 0 spiro atoms. The third kappa shape index (κ3) is 7.63. The maximum Gasteiger partial charge on any atom is 0.0540 e. The summed E-state index contributed by atoms with van der Waals surface area (Å²) in [6.45, 7) is 19.1. The standard InChI is InChI=1S/C54H58N2/c1-9-37(3)41(7)50-35-47(55(44-25-14-11-15-26-44)45-27-16-12-17-28-45)33-39(5)53(50)54-40(6)34-48(36-51(54)42(8)38(4)10-2)56(46-29-18-13-19-30-46)52-32-22-24-43-23-20-21-31-49(43)52/h11-38,41-42H,9-10H2,1-8H3. The molecule has 0 aliphatic heterocycles. The van der Waals surface area contributed by atoms with Crippen molar-refractivity contribution in [2.75, 3.05) is 9.80 Å². The molecule has 0 heterocycles. The van der Waals surface area contributed by atoms with Gasteiger partial charge in [-0.25, -0.2) is 0 Å². The molecule has 2 nitrogen and oxygen atoms in total. The fourth-order valence-electron chi connectivity index (χ4n) is 8.58. The molecule has 0 saturated heterocycles. The van der Waals surface area contributed by atoms with E-state index in [0.717, 1.165) is 29.9 Å². The van der Waals surface area contributed by atoms with Crippen molar-refractivity contribution in [1.82, 2.24) is 0 Å². The van der Waals surface area contributed by atoms with E-state index in [1.165, 1.54) is 61.2 Å². The van der Waals surface area contributed by atoms with E-state index in [4.69, 9.17) is 0 Å². The maximum absolute atomic E-state index is 2.53. The van der Waals surface area contributed by atoms with Crippen LogP contribution < -0.4 is 9.80 Å². The van der Waals surface area contributed by atoms with Crippen LogP contribution in [-0.4, -0.2) is 0 Å². The van der Waals surface area contributed by atoms with Crippen molar-refractivity contribution >= 4 is 44.9 Å². The van der Waals surface area contributed by atoms with Gasteiger partial charge in [0.05, 0.1) is 5.69 Å². The van der Waals surface area contributed by atoms with Crippen molar-refractivity contribution in [1.29, 1.82) is 0 Å². The first-order valence-corrected chi connectivity index (χ1v) is 20.7. The second-order valence-corrected chi connectivity index (χ2v) is 16.0. The van der Waals surface area contributed by atoms with Crippen molar-refractivity contribution in [3.63, 3.8) is 0 Å². The Morgan fingerprint density at radius 1 is 0.411 bits per heavy atom. The van der Waals surface area contributed by atoms with Crippen molar-refractivity contribution in [3.05, 3.63) is 180 Å². The summed E-state index contributed by atoms with van der Waals surface area (Å²) < 4.78 is 0. The molecule has 0 bridgehead atoms. The van der Waals surface area contributed by atoms with E-state index in [-0.39, 0.29) is 0 Å². The zero-order valence-electron chi connectivity index (χ0n) is 34.6. The minimum absolute atomic E-state index is 0.342. The lowest BCUT2D eigenvalue weighted by atomic mass is 9.76. The van der Waals surface area contributed by atoms with Gasteiger partial charge in [-0.15, -0.1) is 0 Å². The topological polar surface area (TPSA) is 6.48 Å². The smallest absolute Gasteiger partial charge is 0.0540 e.